The molecule has 0 saturated carbocycles. The van der Waals surface area contributed by atoms with Gasteiger partial charge < -0.3 is 9.73 Å². The van der Waals surface area contributed by atoms with E-state index in [4.69, 9.17) is 4.42 Å². The maximum atomic E-state index is 12.5. The quantitative estimate of drug-likeness (QED) is 0.691. The van der Waals surface area contributed by atoms with Gasteiger partial charge in [0.2, 0.25) is 10.0 Å². The lowest BCUT2D eigenvalue weighted by molar-refractivity contribution is 0.0998. The molecule has 0 radical (unpaired) electrons. The molecule has 0 saturated heterocycles. The first-order chi connectivity index (χ1) is 12.4. The Morgan fingerprint density at radius 3 is 2.42 bits per heavy atom. The molecule has 2 aromatic carbocycles. The Bertz CT molecular complexity index is 1040. The van der Waals surface area contributed by atoms with E-state index in [1.165, 1.54) is 12.1 Å². The van der Waals surface area contributed by atoms with Gasteiger partial charge >= 0.3 is 0 Å². The van der Waals surface area contributed by atoms with Crippen LogP contribution in [-0.4, -0.2) is 20.9 Å². The highest BCUT2D eigenvalue weighted by molar-refractivity contribution is 7.89. The van der Waals surface area contributed by atoms with Gasteiger partial charge in [-0.05, 0) is 43.7 Å². The van der Waals surface area contributed by atoms with Gasteiger partial charge in [-0.3, -0.25) is 4.79 Å². The second-order valence-electron chi connectivity index (χ2n) is 5.93. The maximum absolute atomic E-state index is 12.5. The first-order valence-corrected chi connectivity index (χ1v) is 9.80. The predicted octanol–water partition coefficient (Wildman–Crippen LogP) is 3.68. The molecule has 0 bridgehead atoms. The van der Waals surface area contributed by atoms with Crippen LogP contribution >= 0.6 is 0 Å². The second-order valence-corrected chi connectivity index (χ2v) is 7.70. The fourth-order valence-corrected chi connectivity index (χ4v) is 3.75. The third-order valence-electron chi connectivity index (χ3n) is 4.01. The summed E-state index contributed by atoms with van der Waals surface area (Å²) in [5.74, 6) is -0.133. The number of furan rings is 1. The number of carbonyl (C=O) groups excluding carboxylic acids is 1. The van der Waals surface area contributed by atoms with Crippen molar-refractivity contribution in [3.63, 3.8) is 0 Å². The van der Waals surface area contributed by atoms with Gasteiger partial charge in [0.1, 0.15) is 5.58 Å². The second kappa shape index (κ2) is 7.31. The zero-order chi connectivity index (χ0) is 18.7. The summed E-state index contributed by atoms with van der Waals surface area (Å²) in [7, 11) is -3.53. The van der Waals surface area contributed by atoms with Gasteiger partial charge in [0.05, 0.1) is 4.90 Å². The average molecular weight is 372 g/mol. The number of hydrogen-bond donors (Lipinski definition) is 2. The normalized spacial score (nSPS) is 11.6. The molecule has 2 N–H and O–H groups in total. The van der Waals surface area contributed by atoms with Crippen LogP contribution in [0.25, 0.3) is 11.0 Å². The summed E-state index contributed by atoms with van der Waals surface area (Å²) in [5.41, 5.74) is 1.91. The van der Waals surface area contributed by atoms with Crippen molar-refractivity contribution in [1.29, 1.82) is 0 Å². The van der Waals surface area contributed by atoms with Gasteiger partial charge in [-0.2, -0.15) is 0 Å². The van der Waals surface area contributed by atoms with Crippen LogP contribution in [0, 0.1) is 6.92 Å². The summed E-state index contributed by atoms with van der Waals surface area (Å²) >= 11 is 0. The van der Waals surface area contributed by atoms with Crippen LogP contribution < -0.4 is 10.0 Å². The molecule has 6 nitrogen and oxygen atoms in total. The van der Waals surface area contributed by atoms with Crippen molar-refractivity contribution in [2.24, 2.45) is 0 Å². The molecule has 136 valence electrons. The summed E-state index contributed by atoms with van der Waals surface area (Å²) in [4.78, 5) is 12.6. The fraction of sp³-hybridized carbons (Fsp3) is 0.211. The maximum Gasteiger partial charge on any atom is 0.291 e. The minimum Gasteiger partial charge on any atom is -0.451 e. The highest BCUT2D eigenvalue weighted by atomic mass is 32.2. The Hall–Kier alpha value is -2.64. The number of para-hydroxylation sites is 1. The highest BCUT2D eigenvalue weighted by Gasteiger charge is 2.18. The largest absolute Gasteiger partial charge is 0.451 e. The molecule has 1 aromatic heterocycles. The number of aryl methyl sites for hydroxylation is 1. The van der Waals surface area contributed by atoms with Gasteiger partial charge in [-0.1, -0.05) is 25.1 Å². The Labute approximate surface area is 152 Å². The van der Waals surface area contributed by atoms with Gasteiger partial charge in [0.15, 0.2) is 5.76 Å². The van der Waals surface area contributed by atoms with Crippen LogP contribution in [0.15, 0.2) is 57.8 Å². The lowest BCUT2D eigenvalue weighted by atomic mass is 10.1. The zero-order valence-corrected chi connectivity index (χ0v) is 15.4. The molecule has 1 amide bonds. The lowest BCUT2D eigenvalue weighted by Crippen LogP contribution is -2.24. The topological polar surface area (TPSA) is 88.4 Å². The Balaban J connectivity index is 1.78. The van der Waals surface area contributed by atoms with Crippen LogP contribution in [-0.2, 0) is 10.0 Å². The van der Waals surface area contributed by atoms with E-state index < -0.39 is 10.0 Å². The van der Waals surface area contributed by atoms with Crippen LogP contribution in [0.2, 0.25) is 0 Å². The standard InChI is InChI=1S/C19H20N2O4S/c1-3-12-20-26(23,24)15-10-8-14(9-11-15)21-19(22)18-13(2)16-6-4-5-7-17(16)25-18/h4-11,20H,3,12H2,1-2H3,(H,21,22). The van der Waals surface area contributed by atoms with E-state index in [2.05, 4.69) is 10.0 Å². The SMILES string of the molecule is CCCNS(=O)(=O)c1ccc(NC(=O)c2oc3ccccc3c2C)cc1. The van der Waals surface area contributed by atoms with Gasteiger partial charge in [-0.25, -0.2) is 13.1 Å². The van der Waals surface area contributed by atoms with Crippen LogP contribution in [0.1, 0.15) is 29.5 Å². The number of fused-ring (bicyclic) bond motifs is 1. The molecular formula is C19H20N2O4S. The smallest absolute Gasteiger partial charge is 0.291 e. The molecule has 0 unspecified atom stereocenters. The minimum atomic E-state index is -3.53. The summed E-state index contributed by atoms with van der Waals surface area (Å²) in [6.45, 7) is 4.10. The van der Waals surface area contributed by atoms with Crippen molar-refractivity contribution < 1.29 is 17.6 Å². The number of carbonyl (C=O) groups is 1. The number of benzene rings is 2. The third kappa shape index (κ3) is 3.63. The first-order valence-electron chi connectivity index (χ1n) is 8.31. The van der Waals surface area contributed by atoms with E-state index in [0.717, 1.165) is 10.9 Å². The van der Waals surface area contributed by atoms with Crippen molar-refractivity contribution in [2.45, 2.75) is 25.2 Å². The molecule has 0 aliphatic rings. The van der Waals surface area contributed by atoms with Crippen LogP contribution in [0.3, 0.4) is 0 Å². The van der Waals surface area contributed by atoms with Crippen LogP contribution in [0.4, 0.5) is 5.69 Å². The van der Waals surface area contributed by atoms with Crippen molar-refractivity contribution >= 4 is 32.6 Å². The fourth-order valence-electron chi connectivity index (χ4n) is 2.62. The van der Waals surface area contributed by atoms with Crippen molar-refractivity contribution in [3.05, 3.63) is 59.9 Å². The summed E-state index contributed by atoms with van der Waals surface area (Å²) in [6.07, 6.45) is 0.713. The molecule has 0 fully saturated rings. The average Bonchev–Trinajstić information content (AvgIpc) is 2.98. The number of hydrogen-bond acceptors (Lipinski definition) is 4. The van der Waals surface area contributed by atoms with Gasteiger partial charge in [0.25, 0.3) is 5.91 Å². The van der Waals surface area contributed by atoms with E-state index >= 15 is 0 Å². The molecule has 26 heavy (non-hydrogen) atoms. The van der Waals surface area contributed by atoms with Crippen molar-refractivity contribution in [3.8, 4) is 0 Å². The summed E-state index contributed by atoms with van der Waals surface area (Å²) < 4.78 is 32.3. The van der Waals surface area contributed by atoms with Crippen molar-refractivity contribution in [2.75, 3.05) is 11.9 Å². The molecule has 0 atom stereocenters. The number of rotatable bonds is 6. The number of sulfonamides is 1. The molecule has 0 spiro atoms. The summed E-state index contributed by atoms with van der Waals surface area (Å²) in [5, 5.41) is 3.62. The molecule has 3 rings (SSSR count). The van der Waals surface area contributed by atoms with Gasteiger partial charge in [-0.15, -0.1) is 0 Å². The molecule has 1 heterocycles. The van der Waals surface area contributed by atoms with Crippen molar-refractivity contribution in [1.82, 2.24) is 4.72 Å². The van der Waals surface area contributed by atoms with E-state index in [9.17, 15) is 13.2 Å². The minimum absolute atomic E-state index is 0.156. The van der Waals surface area contributed by atoms with Crippen LogP contribution in [0.5, 0.6) is 0 Å². The van der Waals surface area contributed by atoms with Gasteiger partial charge in [0, 0.05) is 23.2 Å². The number of anilines is 1. The Morgan fingerprint density at radius 1 is 1.08 bits per heavy atom. The molecule has 0 aliphatic carbocycles. The highest BCUT2D eigenvalue weighted by Crippen LogP contribution is 2.25. The monoisotopic (exact) mass is 372 g/mol. The Kier molecular flexibility index (Phi) is 5.11. The molecular weight excluding hydrogens is 352 g/mol. The lowest BCUT2D eigenvalue weighted by Gasteiger charge is -2.07. The van der Waals surface area contributed by atoms with E-state index in [1.54, 1.807) is 12.1 Å². The number of amides is 1. The van der Waals surface area contributed by atoms with E-state index in [0.29, 0.717) is 24.2 Å². The predicted molar refractivity (Wildman–Crippen MR) is 101 cm³/mol. The number of nitrogens with one attached hydrogen (secondary N) is 2. The summed E-state index contributed by atoms with van der Waals surface area (Å²) in [6, 6.07) is 13.5. The molecule has 0 aliphatic heterocycles. The van der Waals surface area contributed by atoms with E-state index in [1.807, 2.05) is 38.1 Å². The third-order valence-corrected chi connectivity index (χ3v) is 5.49. The Morgan fingerprint density at radius 2 is 1.77 bits per heavy atom. The molecule has 7 heteroatoms. The van der Waals surface area contributed by atoms with E-state index in [-0.39, 0.29) is 16.6 Å². The zero-order valence-electron chi connectivity index (χ0n) is 14.6. The molecule has 3 aromatic rings. The first kappa shape index (κ1) is 18.2.